The molecule has 4 heteroatoms. The van der Waals surface area contributed by atoms with Gasteiger partial charge in [-0.3, -0.25) is 9.91 Å². The summed E-state index contributed by atoms with van der Waals surface area (Å²) in [4.78, 5) is 2.49. The van der Waals surface area contributed by atoms with Gasteiger partial charge in [0.15, 0.2) is 0 Å². The molecular weight excluding hydrogens is 310 g/mol. The molecule has 1 heterocycles. The highest BCUT2D eigenvalue weighted by Crippen LogP contribution is 2.12. The Labute approximate surface area is 150 Å². The number of hydrogen-bond acceptors (Lipinski definition) is 4. The largest absolute Gasteiger partial charge is 0.494 e. The highest BCUT2D eigenvalue weighted by atomic mass is 16.5. The average molecular weight is 337 g/mol. The summed E-state index contributed by atoms with van der Waals surface area (Å²) < 4.78 is 5.46. The molecule has 25 heavy (non-hydrogen) atoms. The van der Waals surface area contributed by atoms with Gasteiger partial charge in [-0.05, 0) is 49.2 Å². The van der Waals surface area contributed by atoms with E-state index in [4.69, 9.17) is 4.74 Å². The Balaban J connectivity index is 1.46. The third-order valence-electron chi connectivity index (χ3n) is 4.44. The molecule has 2 aromatic carbocycles. The highest BCUT2D eigenvalue weighted by Gasteiger charge is 2.15. The zero-order chi connectivity index (χ0) is 17.5. The fourth-order valence-electron chi connectivity index (χ4n) is 2.93. The van der Waals surface area contributed by atoms with Crippen LogP contribution >= 0.6 is 0 Å². The lowest BCUT2D eigenvalue weighted by Gasteiger charge is -2.33. The van der Waals surface area contributed by atoms with E-state index in [-0.39, 0.29) is 0 Å². The van der Waals surface area contributed by atoms with Gasteiger partial charge in [-0.25, -0.2) is 0 Å². The van der Waals surface area contributed by atoms with Gasteiger partial charge in [-0.2, -0.15) is 5.10 Å². The van der Waals surface area contributed by atoms with E-state index in [1.165, 1.54) is 11.1 Å². The van der Waals surface area contributed by atoms with E-state index in [1.807, 2.05) is 37.4 Å². The molecule has 3 rings (SSSR count). The number of benzene rings is 2. The summed E-state index contributed by atoms with van der Waals surface area (Å²) in [5.74, 6) is 0.907. The van der Waals surface area contributed by atoms with Gasteiger partial charge in [-0.1, -0.05) is 29.8 Å². The van der Waals surface area contributed by atoms with Gasteiger partial charge >= 0.3 is 0 Å². The molecule has 0 unspecified atom stereocenters. The Morgan fingerprint density at radius 1 is 0.960 bits per heavy atom. The van der Waals surface area contributed by atoms with Crippen LogP contribution in [0, 0.1) is 6.92 Å². The molecule has 0 radical (unpaired) electrons. The van der Waals surface area contributed by atoms with Gasteiger partial charge in [-0.15, -0.1) is 0 Å². The number of aryl methyl sites for hydroxylation is 1. The summed E-state index contributed by atoms with van der Waals surface area (Å²) in [6, 6.07) is 16.9. The topological polar surface area (TPSA) is 28.1 Å². The molecule has 0 aliphatic carbocycles. The molecule has 0 spiro atoms. The molecule has 0 N–H and O–H groups in total. The van der Waals surface area contributed by atoms with Crippen LogP contribution in [0.25, 0.3) is 0 Å². The quantitative estimate of drug-likeness (QED) is 0.755. The van der Waals surface area contributed by atoms with E-state index in [0.29, 0.717) is 6.61 Å². The fourth-order valence-corrected chi connectivity index (χ4v) is 2.93. The second kappa shape index (κ2) is 8.67. The van der Waals surface area contributed by atoms with Crippen LogP contribution in [0.2, 0.25) is 0 Å². The molecule has 1 aliphatic rings. The van der Waals surface area contributed by atoms with Crippen LogP contribution in [0.4, 0.5) is 0 Å². The standard InChI is InChI=1S/C21H27N3O/c1-3-25-21-10-8-19(9-11-21)16-22-24-14-12-23(13-15-24)17-20-6-4-18(2)5-7-20/h4-11,16H,3,12-15,17H2,1-2H3/b22-16+. The molecule has 0 bridgehead atoms. The van der Waals surface area contributed by atoms with E-state index in [2.05, 4.69) is 46.2 Å². The van der Waals surface area contributed by atoms with E-state index in [0.717, 1.165) is 44.0 Å². The van der Waals surface area contributed by atoms with Crippen LogP contribution < -0.4 is 4.74 Å². The summed E-state index contributed by atoms with van der Waals surface area (Å²) in [6.07, 6.45) is 1.94. The fraction of sp³-hybridized carbons (Fsp3) is 0.381. The van der Waals surface area contributed by atoms with Crippen LogP contribution in [0.3, 0.4) is 0 Å². The van der Waals surface area contributed by atoms with Crippen LogP contribution in [0.5, 0.6) is 5.75 Å². The lowest BCUT2D eigenvalue weighted by Crippen LogP contribution is -2.43. The van der Waals surface area contributed by atoms with Crippen molar-refractivity contribution in [1.82, 2.24) is 9.91 Å². The van der Waals surface area contributed by atoms with Crippen molar-refractivity contribution in [3.8, 4) is 5.75 Å². The maximum Gasteiger partial charge on any atom is 0.119 e. The Hall–Kier alpha value is -2.33. The molecule has 0 aromatic heterocycles. The van der Waals surface area contributed by atoms with Crippen molar-refractivity contribution in [2.24, 2.45) is 5.10 Å². The first-order valence-corrected chi connectivity index (χ1v) is 9.02. The number of piperazine rings is 1. The predicted octanol–water partition coefficient (Wildman–Crippen LogP) is 3.55. The second-order valence-electron chi connectivity index (χ2n) is 6.46. The minimum atomic E-state index is 0.695. The maximum absolute atomic E-state index is 5.46. The van der Waals surface area contributed by atoms with E-state index < -0.39 is 0 Å². The smallest absolute Gasteiger partial charge is 0.119 e. The molecule has 0 atom stereocenters. The number of hydrogen-bond donors (Lipinski definition) is 0. The SMILES string of the molecule is CCOc1ccc(/C=N/N2CCN(Cc3ccc(C)cc3)CC2)cc1. The summed E-state index contributed by atoms with van der Waals surface area (Å²) in [6.45, 7) is 9.89. The zero-order valence-electron chi connectivity index (χ0n) is 15.2. The molecular formula is C21H27N3O. The Bertz CT molecular complexity index is 671. The molecule has 0 saturated carbocycles. The first-order chi connectivity index (χ1) is 12.2. The Morgan fingerprint density at radius 2 is 1.64 bits per heavy atom. The molecule has 2 aromatic rings. The number of rotatable bonds is 6. The first kappa shape index (κ1) is 17.5. The minimum absolute atomic E-state index is 0.695. The Kier molecular flexibility index (Phi) is 6.07. The lowest BCUT2D eigenvalue weighted by molar-refractivity contribution is 0.131. The minimum Gasteiger partial charge on any atom is -0.494 e. The van der Waals surface area contributed by atoms with Crippen molar-refractivity contribution in [3.63, 3.8) is 0 Å². The maximum atomic E-state index is 5.46. The zero-order valence-corrected chi connectivity index (χ0v) is 15.2. The number of ether oxygens (including phenoxy) is 1. The molecule has 0 amide bonds. The van der Waals surface area contributed by atoms with Gasteiger partial charge in [0, 0.05) is 32.7 Å². The van der Waals surface area contributed by atoms with Crippen molar-refractivity contribution in [2.75, 3.05) is 32.8 Å². The lowest BCUT2D eigenvalue weighted by atomic mass is 10.1. The van der Waals surface area contributed by atoms with E-state index in [9.17, 15) is 0 Å². The van der Waals surface area contributed by atoms with Gasteiger partial charge in [0.25, 0.3) is 0 Å². The molecule has 1 aliphatic heterocycles. The van der Waals surface area contributed by atoms with Crippen molar-refractivity contribution < 1.29 is 4.74 Å². The monoisotopic (exact) mass is 337 g/mol. The first-order valence-electron chi connectivity index (χ1n) is 9.02. The van der Waals surface area contributed by atoms with Gasteiger partial charge in [0.05, 0.1) is 12.8 Å². The predicted molar refractivity (Wildman–Crippen MR) is 103 cm³/mol. The van der Waals surface area contributed by atoms with Crippen molar-refractivity contribution in [1.29, 1.82) is 0 Å². The third kappa shape index (κ3) is 5.33. The van der Waals surface area contributed by atoms with Gasteiger partial charge < -0.3 is 4.74 Å². The average Bonchev–Trinajstić information content (AvgIpc) is 2.64. The molecule has 1 fully saturated rings. The van der Waals surface area contributed by atoms with Crippen LogP contribution in [0.15, 0.2) is 53.6 Å². The number of hydrazone groups is 1. The van der Waals surface area contributed by atoms with E-state index in [1.54, 1.807) is 0 Å². The van der Waals surface area contributed by atoms with Gasteiger partial charge in [0.1, 0.15) is 5.75 Å². The molecule has 4 nitrogen and oxygen atoms in total. The second-order valence-corrected chi connectivity index (χ2v) is 6.46. The summed E-state index contributed by atoms with van der Waals surface area (Å²) in [5, 5.41) is 6.78. The number of nitrogens with zero attached hydrogens (tertiary/aromatic N) is 3. The van der Waals surface area contributed by atoms with Crippen LogP contribution in [-0.4, -0.2) is 48.9 Å². The van der Waals surface area contributed by atoms with Crippen LogP contribution in [0.1, 0.15) is 23.6 Å². The summed E-state index contributed by atoms with van der Waals surface area (Å²) in [5.41, 5.74) is 3.81. The molecule has 1 saturated heterocycles. The van der Waals surface area contributed by atoms with Gasteiger partial charge in [0.2, 0.25) is 0 Å². The normalized spacial score (nSPS) is 15.7. The summed E-state index contributed by atoms with van der Waals surface area (Å²) in [7, 11) is 0. The third-order valence-corrected chi connectivity index (χ3v) is 4.44. The van der Waals surface area contributed by atoms with Crippen molar-refractivity contribution >= 4 is 6.21 Å². The molecule has 132 valence electrons. The van der Waals surface area contributed by atoms with Crippen molar-refractivity contribution in [2.45, 2.75) is 20.4 Å². The van der Waals surface area contributed by atoms with Crippen molar-refractivity contribution in [3.05, 3.63) is 65.2 Å². The summed E-state index contributed by atoms with van der Waals surface area (Å²) >= 11 is 0. The Morgan fingerprint density at radius 3 is 2.28 bits per heavy atom. The highest BCUT2D eigenvalue weighted by molar-refractivity contribution is 5.79. The van der Waals surface area contributed by atoms with Crippen LogP contribution in [-0.2, 0) is 6.54 Å². The van der Waals surface area contributed by atoms with E-state index >= 15 is 0 Å².